The van der Waals surface area contributed by atoms with Crippen LogP contribution in [0.2, 0.25) is 0 Å². The largest absolute Gasteiger partial charge is 0.450 e. The van der Waals surface area contributed by atoms with E-state index < -0.39 is 0 Å². The minimum absolute atomic E-state index is 0.154. The summed E-state index contributed by atoms with van der Waals surface area (Å²) in [5, 5.41) is 3.11. The van der Waals surface area contributed by atoms with Gasteiger partial charge >= 0.3 is 6.09 Å². The van der Waals surface area contributed by atoms with Crippen molar-refractivity contribution in [2.24, 2.45) is 0 Å². The van der Waals surface area contributed by atoms with E-state index >= 15 is 0 Å². The van der Waals surface area contributed by atoms with Crippen molar-refractivity contribution in [3.63, 3.8) is 0 Å². The van der Waals surface area contributed by atoms with Crippen LogP contribution in [0.1, 0.15) is 19.8 Å². The molecule has 104 valence electrons. The molecule has 1 aliphatic rings. The Morgan fingerprint density at radius 3 is 2.95 bits per heavy atom. The molecule has 0 radical (unpaired) electrons. The first-order valence-electron chi connectivity index (χ1n) is 6.42. The highest BCUT2D eigenvalue weighted by Crippen LogP contribution is 2.14. The van der Waals surface area contributed by atoms with Gasteiger partial charge < -0.3 is 19.9 Å². The summed E-state index contributed by atoms with van der Waals surface area (Å²) in [6, 6.07) is 0.154. The summed E-state index contributed by atoms with van der Waals surface area (Å²) in [7, 11) is 0. The second-order valence-corrected chi connectivity index (χ2v) is 4.37. The lowest BCUT2D eigenvalue weighted by Crippen LogP contribution is -2.43. The van der Waals surface area contributed by atoms with E-state index in [0.717, 1.165) is 12.8 Å². The summed E-state index contributed by atoms with van der Waals surface area (Å²) in [6.45, 7) is 3.43. The molecule has 0 aliphatic carbocycles. The van der Waals surface area contributed by atoms with Crippen molar-refractivity contribution in [2.75, 3.05) is 25.0 Å². The number of aromatic amines is 1. The van der Waals surface area contributed by atoms with E-state index in [1.54, 1.807) is 11.8 Å². The number of hydrogen-bond donors (Lipinski definition) is 2. The number of carbonyl (C=O) groups is 1. The number of H-pyrrole nitrogens is 1. The van der Waals surface area contributed by atoms with E-state index in [4.69, 9.17) is 4.74 Å². The van der Waals surface area contributed by atoms with Crippen LogP contribution >= 0.6 is 0 Å². The number of nitrogens with one attached hydrogen (secondary N) is 2. The van der Waals surface area contributed by atoms with Crippen molar-refractivity contribution in [2.45, 2.75) is 25.8 Å². The van der Waals surface area contributed by atoms with Gasteiger partial charge in [-0.25, -0.2) is 9.78 Å². The van der Waals surface area contributed by atoms with Crippen molar-refractivity contribution in [3.8, 4) is 0 Å². The molecule has 0 spiro atoms. The average Bonchev–Trinajstić information content (AvgIpc) is 2.42. The molecule has 0 aromatic carbocycles. The molecule has 7 nitrogen and oxygen atoms in total. The van der Waals surface area contributed by atoms with Gasteiger partial charge in [-0.15, -0.1) is 0 Å². The lowest BCUT2D eigenvalue weighted by molar-refractivity contribution is 0.0983. The quantitative estimate of drug-likeness (QED) is 0.845. The number of likely N-dealkylation sites (tertiary alicyclic amines) is 1. The standard InChI is InChI=1S/C12H18N4O3/c1-2-19-12(18)16-7-3-9(4-8-16)15-10-11(17)14-6-5-13-10/h5-6,9H,2-4,7-8H2,1H3,(H,13,15)(H,14,17). The number of anilines is 1. The fourth-order valence-corrected chi connectivity index (χ4v) is 2.07. The summed E-state index contributed by atoms with van der Waals surface area (Å²) >= 11 is 0. The van der Waals surface area contributed by atoms with Crippen LogP contribution in [0.4, 0.5) is 10.6 Å². The number of hydrogen-bond acceptors (Lipinski definition) is 5. The third-order valence-corrected chi connectivity index (χ3v) is 3.07. The van der Waals surface area contributed by atoms with Crippen molar-refractivity contribution in [1.82, 2.24) is 14.9 Å². The molecular weight excluding hydrogens is 248 g/mol. The second-order valence-electron chi connectivity index (χ2n) is 4.37. The van der Waals surface area contributed by atoms with Crippen LogP contribution in [0.3, 0.4) is 0 Å². The zero-order chi connectivity index (χ0) is 13.7. The number of rotatable bonds is 3. The van der Waals surface area contributed by atoms with Gasteiger partial charge in [0.15, 0.2) is 5.82 Å². The molecule has 1 aromatic rings. The van der Waals surface area contributed by atoms with Crippen LogP contribution in [0.15, 0.2) is 17.2 Å². The Kier molecular flexibility index (Phi) is 4.38. The number of carbonyl (C=O) groups excluding carboxylic acids is 1. The average molecular weight is 266 g/mol. The second kappa shape index (κ2) is 6.21. The van der Waals surface area contributed by atoms with Gasteiger partial charge in [0, 0.05) is 31.5 Å². The van der Waals surface area contributed by atoms with Crippen LogP contribution < -0.4 is 10.9 Å². The van der Waals surface area contributed by atoms with Crippen LogP contribution in [0.25, 0.3) is 0 Å². The molecule has 1 saturated heterocycles. The van der Waals surface area contributed by atoms with Crippen molar-refractivity contribution >= 4 is 11.9 Å². The van der Waals surface area contributed by atoms with Gasteiger partial charge in [0.2, 0.25) is 0 Å². The van der Waals surface area contributed by atoms with Crippen molar-refractivity contribution in [1.29, 1.82) is 0 Å². The predicted molar refractivity (Wildman–Crippen MR) is 70.1 cm³/mol. The molecule has 0 unspecified atom stereocenters. The zero-order valence-electron chi connectivity index (χ0n) is 10.9. The Morgan fingerprint density at radius 1 is 1.58 bits per heavy atom. The molecule has 0 atom stereocenters. The third-order valence-electron chi connectivity index (χ3n) is 3.07. The van der Waals surface area contributed by atoms with Crippen LogP contribution in [0.5, 0.6) is 0 Å². The molecule has 0 bridgehead atoms. The van der Waals surface area contributed by atoms with Crippen molar-refractivity contribution < 1.29 is 9.53 Å². The maximum absolute atomic E-state index is 11.5. The predicted octanol–water partition coefficient (Wildman–Crippen LogP) is 0.803. The topological polar surface area (TPSA) is 87.3 Å². The summed E-state index contributed by atoms with van der Waals surface area (Å²) in [5.41, 5.74) is -0.227. The fourth-order valence-electron chi connectivity index (χ4n) is 2.07. The van der Waals surface area contributed by atoms with Gasteiger partial charge in [0.1, 0.15) is 0 Å². The van der Waals surface area contributed by atoms with E-state index in [-0.39, 0.29) is 17.7 Å². The summed E-state index contributed by atoms with van der Waals surface area (Å²) in [6.07, 6.45) is 4.31. The molecule has 2 rings (SSSR count). The number of nitrogens with zero attached hydrogens (tertiary/aromatic N) is 2. The summed E-state index contributed by atoms with van der Waals surface area (Å²) in [5.74, 6) is 0.331. The van der Waals surface area contributed by atoms with Gasteiger partial charge in [-0.2, -0.15) is 0 Å². The number of ether oxygens (including phenoxy) is 1. The Bertz CT molecular complexity index is 480. The SMILES string of the molecule is CCOC(=O)N1CCC(Nc2ncc[nH]c2=O)CC1. The normalized spacial score (nSPS) is 16.2. The highest BCUT2D eigenvalue weighted by Gasteiger charge is 2.23. The molecule has 2 heterocycles. The molecule has 0 saturated carbocycles. The molecule has 2 N–H and O–H groups in total. The molecule has 1 aliphatic heterocycles. The number of aromatic nitrogens is 2. The van der Waals surface area contributed by atoms with E-state index in [2.05, 4.69) is 15.3 Å². The first-order chi connectivity index (χ1) is 9.20. The van der Waals surface area contributed by atoms with Gasteiger partial charge in [-0.1, -0.05) is 0 Å². The molecule has 7 heteroatoms. The van der Waals surface area contributed by atoms with Gasteiger partial charge in [0.05, 0.1) is 6.61 Å². The zero-order valence-corrected chi connectivity index (χ0v) is 10.9. The summed E-state index contributed by atoms with van der Waals surface area (Å²) < 4.78 is 4.95. The maximum Gasteiger partial charge on any atom is 0.409 e. The fraction of sp³-hybridized carbons (Fsp3) is 0.583. The smallest absolute Gasteiger partial charge is 0.409 e. The number of piperidine rings is 1. The minimum Gasteiger partial charge on any atom is -0.450 e. The molecule has 19 heavy (non-hydrogen) atoms. The molecule has 1 aromatic heterocycles. The number of amides is 1. The Balaban J connectivity index is 1.85. The lowest BCUT2D eigenvalue weighted by Gasteiger charge is -2.31. The molecule has 1 fully saturated rings. The maximum atomic E-state index is 11.5. The highest BCUT2D eigenvalue weighted by molar-refractivity contribution is 5.67. The molecule has 1 amide bonds. The highest BCUT2D eigenvalue weighted by atomic mass is 16.6. The van der Waals surface area contributed by atoms with Gasteiger partial charge in [-0.05, 0) is 19.8 Å². The lowest BCUT2D eigenvalue weighted by atomic mass is 10.1. The Morgan fingerprint density at radius 2 is 2.32 bits per heavy atom. The monoisotopic (exact) mass is 266 g/mol. The molecular formula is C12H18N4O3. The first kappa shape index (κ1) is 13.4. The first-order valence-corrected chi connectivity index (χ1v) is 6.42. The summed E-state index contributed by atoms with van der Waals surface area (Å²) in [4.78, 5) is 31.3. The van der Waals surface area contributed by atoms with E-state index in [1.165, 1.54) is 12.4 Å². The van der Waals surface area contributed by atoms with E-state index in [1.807, 2.05) is 0 Å². The van der Waals surface area contributed by atoms with Gasteiger partial charge in [0.25, 0.3) is 5.56 Å². The van der Waals surface area contributed by atoms with Crippen molar-refractivity contribution in [3.05, 3.63) is 22.7 Å². The van der Waals surface area contributed by atoms with Crippen LogP contribution in [-0.4, -0.2) is 46.7 Å². The Labute approximate surface area is 111 Å². The Hall–Kier alpha value is -2.05. The van der Waals surface area contributed by atoms with Crippen LogP contribution in [0, 0.1) is 0 Å². The minimum atomic E-state index is -0.267. The van der Waals surface area contributed by atoms with E-state index in [0.29, 0.717) is 25.5 Å². The van der Waals surface area contributed by atoms with Gasteiger partial charge in [-0.3, -0.25) is 4.79 Å². The van der Waals surface area contributed by atoms with Crippen LogP contribution in [-0.2, 0) is 4.74 Å². The third kappa shape index (κ3) is 3.46. The van der Waals surface area contributed by atoms with E-state index in [9.17, 15) is 9.59 Å².